The fourth-order valence-electron chi connectivity index (χ4n) is 6.68. The molecule has 0 atom stereocenters. The molecule has 0 saturated carbocycles. The van der Waals surface area contributed by atoms with Crippen LogP contribution in [0.25, 0.3) is 87.9 Å². The molecule has 1 aromatic heterocycles. The number of hydrogen-bond donors (Lipinski definition) is 0. The van der Waals surface area contributed by atoms with Gasteiger partial charge in [-0.1, -0.05) is 109 Å². The number of nitrogens with zero attached hydrogens (tertiary/aromatic N) is 1. The van der Waals surface area contributed by atoms with Gasteiger partial charge in [0.15, 0.2) is 5.58 Å². The second kappa shape index (κ2) is 9.80. The maximum Gasteiger partial charge on any atom is 0.227 e. The Bertz CT molecular complexity index is 2560. The maximum atomic E-state index is 6.56. The van der Waals surface area contributed by atoms with Crippen LogP contribution in [0.15, 0.2) is 150 Å². The topological polar surface area (TPSA) is 26.0 Å². The number of fused-ring (bicyclic) bond motifs is 7. The monoisotopic (exact) mass is 581 g/mol. The largest absolute Gasteiger partial charge is 0.436 e. The van der Waals surface area contributed by atoms with Crippen molar-refractivity contribution in [2.45, 2.75) is 0 Å². The van der Waals surface area contributed by atoms with Gasteiger partial charge in [-0.2, -0.15) is 0 Å². The molecule has 0 amide bonds. The normalized spacial score (nSPS) is 11.8. The molecule has 206 valence electrons. The third kappa shape index (κ3) is 3.92. The second-order valence-electron chi connectivity index (χ2n) is 11.3. The van der Waals surface area contributed by atoms with E-state index in [4.69, 9.17) is 21.0 Å². The van der Waals surface area contributed by atoms with Gasteiger partial charge in [0.1, 0.15) is 5.52 Å². The zero-order chi connectivity index (χ0) is 29.2. The Morgan fingerprint density at radius 2 is 0.955 bits per heavy atom. The van der Waals surface area contributed by atoms with Crippen LogP contribution in [0.1, 0.15) is 0 Å². The van der Waals surface area contributed by atoms with Crippen LogP contribution < -0.4 is 0 Å². The number of rotatable bonds is 3. The van der Waals surface area contributed by atoms with Gasteiger partial charge in [-0.25, -0.2) is 4.98 Å². The van der Waals surface area contributed by atoms with Gasteiger partial charge in [-0.3, -0.25) is 0 Å². The summed E-state index contributed by atoms with van der Waals surface area (Å²) in [5, 5.41) is 10.4. The summed E-state index contributed by atoms with van der Waals surface area (Å²) in [5.41, 5.74) is 6.90. The Balaban J connectivity index is 1.40. The van der Waals surface area contributed by atoms with Crippen LogP contribution in [0.4, 0.5) is 0 Å². The van der Waals surface area contributed by atoms with Crippen LogP contribution in [-0.4, -0.2) is 4.98 Å². The molecule has 44 heavy (non-hydrogen) atoms. The summed E-state index contributed by atoms with van der Waals surface area (Å²) in [7, 11) is 0. The smallest absolute Gasteiger partial charge is 0.227 e. The Hall–Kier alpha value is -5.44. The SMILES string of the molecule is Clc1ccc(-c2nc3c(-c4cc5ccccc5c5ccccc45)cc(-c4cc5ccccc5c5ccccc45)cc3o2)cc1. The predicted octanol–water partition coefficient (Wildman–Crippen LogP) is 12.1. The van der Waals surface area contributed by atoms with E-state index in [1.54, 1.807) is 0 Å². The van der Waals surface area contributed by atoms with Crippen molar-refractivity contribution in [2.75, 3.05) is 0 Å². The summed E-state index contributed by atoms with van der Waals surface area (Å²) in [6.45, 7) is 0. The number of benzene rings is 8. The highest BCUT2D eigenvalue weighted by molar-refractivity contribution is 6.30. The molecule has 0 fully saturated rings. The van der Waals surface area contributed by atoms with Crippen molar-refractivity contribution in [3.05, 3.63) is 151 Å². The summed E-state index contributed by atoms with van der Waals surface area (Å²) in [6.07, 6.45) is 0. The lowest BCUT2D eigenvalue weighted by Gasteiger charge is -2.14. The third-order valence-corrected chi connectivity index (χ3v) is 8.98. The van der Waals surface area contributed by atoms with Crippen molar-refractivity contribution in [3.8, 4) is 33.7 Å². The summed E-state index contributed by atoms with van der Waals surface area (Å²) < 4.78 is 6.56. The summed E-state index contributed by atoms with van der Waals surface area (Å²) in [6, 6.07) is 51.2. The highest BCUT2D eigenvalue weighted by atomic mass is 35.5. The van der Waals surface area contributed by atoms with Crippen LogP contribution in [0, 0.1) is 0 Å². The average Bonchev–Trinajstić information content (AvgIpc) is 3.52. The Morgan fingerprint density at radius 3 is 1.59 bits per heavy atom. The summed E-state index contributed by atoms with van der Waals surface area (Å²) >= 11 is 6.21. The first kappa shape index (κ1) is 25.1. The van der Waals surface area contributed by atoms with E-state index in [1.165, 1.54) is 43.1 Å². The first-order chi connectivity index (χ1) is 21.7. The lowest BCUT2D eigenvalue weighted by atomic mass is 9.89. The van der Waals surface area contributed by atoms with E-state index in [0.29, 0.717) is 10.9 Å². The molecular weight excluding hydrogens is 558 g/mol. The van der Waals surface area contributed by atoms with Crippen LogP contribution >= 0.6 is 11.6 Å². The van der Waals surface area contributed by atoms with Crippen molar-refractivity contribution >= 4 is 65.8 Å². The minimum atomic E-state index is 0.573. The highest BCUT2D eigenvalue weighted by Crippen LogP contribution is 2.43. The molecule has 0 radical (unpaired) electrons. The van der Waals surface area contributed by atoms with Crippen LogP contribution in [0.5, 0.6) is 0 Å². The molecule has 0 N–H and O–H groups in total. The quantitative estimate of drug-likeness (QED) is 0.194. The minimum Gasteiger partial charge on any atom is -0.436 e. The average molecular weight is 582 g/mol. The maximum absolute atomic E-state index is 6.56. The zero-order valence-corrected chi connectivity index (χ0v) is 24.3. The van der Waals surface area contributed by atoms with Crippen molar-refractivity contribution in [3.63, 3.8) is 0 Å². The molecule has 9 rings (SSSR count). The Kier molecular flexibility index (Phi) is 5.59. The summed E-state index contributed by atoms with van der Waals surface area (Å²) in [4.78, 5) is 5.11. The lowest BCUT2D eigenvalue weighted by molar-refractivity contribution is 0.620. The highest BCUT2D eigenvalue weighted by Gasteiger charge is 2.19. The zero-order valence-electron chi connectivity index (χ0n) is 23.6. The van der Waals surface area contributed by atoms with E-state index in [2.05, 4.69) is 121 Å². The first-order valence-corrected chi connectivity index (χ1v) is 15.1. The second-order valence-corrected chi connectivity index (χ2v) is 11.7. The standard InChI is InChI=1S/C41H24ClNO/c42-29-19-17-25(18-20-29)41-43-40-38(37-22-27-10-2-4-12-31(27)33-14-6-8-16-35(33)37)23-28(24-39(40)44-41)36-21-26-9-1-3-11-30(26)32-13-5-7-15-34(32)36/h1-24H. The van der Waals surface area contributed by atoms with E-state index >= 15 is 0 Å². The van der Waals surface area contributed by atoms with E-state index in [-0.39, 0.29) is 0 Å². The number of halogens is 1. The van der Waals surface area contributed by atoms with Gasteiger partial charge >= 0.3 is 0 Å². The fraction of sp³-hybridized carbons (Fsp3) is 0. The molecule has 2 nitrogen and oxygen atoms in total. The van der Waals surface area contributed by atoms with Crippen molar-refractivity contribution in [2.24, 2.45) is 0 Å². The molecule has 0 bridgehead atoms. The van der Waals surface area contributed by atoms with E-state index < -0.39 is 0 Å². The van der Waals surface area contributed by atoms with Gasteiger partial charge in [-0.15, -0.1) is 0 Å². The van der Waals surface area contributed by atoms with E-state index in [9.17, 15) is 0 Å². The molecule has 0 aliphatic rings. The van der Waals surface area contributed by atoms with Crippen molar-refractivity contribution in [1.82, 2.24) is 4.98 Å². The number of oxazole rings is 1. The Morgan fingerprint density at radius 1 is 0.432 bits per heavy atom. The molecule has 8 aromatic carbocycles. The van der Waals surface area contributed by atoms with Gasteiger partial charge in [0.25, 0.3) is 0 Å². The molecule has 0 aliphatic carbocycles. The van der Waals surface area contributed by atoms with Crippen LogP contribution in [0.3, 0.4) is 0 Å². The fourth-order valence-corrected chi connectivity index (χ4v) is 6.80. The van der Waals surface area contributed by atoms with Gasteiger partial charge in [0, 0.05) is 16.1 Å². The molecule has 9 aromatic rings. The van der Waals surface area contributed by atoms with Crippen LogP contribution in [0.2, 0.25) is 5.02 Å². The van der Waals surface area contributed by atoms with Crippen LogP contribution in [-0.2, 0) is 0 Å². The van der Waals surface area contributed by atoms with E-state index in [1.807, 2.05) is 24.3 Å². The lowest BCUT2D eigenvalue weighted by Crippen LogP contribution is -1.89. The van der Waals surface area contributed by atoms with Gasteiger partial charge < -0.3 is 4.42 Å². The Labute approximate surface area is 258 Å². The summed E-state index contributed by atoms with van der Waals surface area (Å²) in [5.74, 6) is 0.573. The molecule has 1 heterocycles. The molecule has 0 aliphatic heterocycles. The van der Waals surface area contributed by atoms with Gasteiger partial charge in [-0.05, 0) is 108 Å². The minimum absolute atomic E-state index is 0.573. The molecule has 0 unspecified atom stereocenters. The van der Waals surface area contributed by atoms with Gasteiger partial charge in [0.05, 0.1) is 0 Å². The molecule has 0 saturated heterocycles. The predicted molar refractivity (Wildman–Crippen MR) is 185 cm³/mol. The number of aromatic nitrogens is 1. The number of hydrogen-bond acceptors (Lipinski definition) is 2. The first-order valence-electron chi connectivity index (χ1n) is 14.7. The molecule has 3 heteroatoms. The van der Waals surface area contributed by atoms with E-state index in [0.717, 1.165) is 38.9 Å². The van der Waals surface area contributed by atoms with Crippen molar-refractivity contribution in [1.29, 1.82) is 0 Å². The van der Waals surface area contributed by atoms with Crippen molar-refractivity contribution < 1.29 is 4.42 Å². The molecular formula is C41H24ClNO. The molecule has 0 spiro atoms. The third-order valence-electron chi connectivity index (χ3n) is 8.72. The van der Waals surface area contributed by atoms with Gasteiger partial charge in [0.2, 0.25) is 5.89 Å².